The summed E-state index contributed by atoms with van der Waals surface area (Å²) < 4.78 is 11.5. The molecule has 1 aromatic carbocycles. The van der Waals surface area contributed by atoms with Gasteiger partial charge >= 0.3 is 12.0 Å². The predicted octanol–water partition coefficient (Wildman–Crippen LogP) is 4.44. The van der Waals surface area contributed by atoms with Crippen LogP contribution in [0.5, 0.6) is 5.75 Å². The Bertz CT molecular complexity index is 725. The first-order chi connectivity index (χ1) is 13.6. The van der Waals surface area contributed by atoms with Crippen LogP contribution < -0.4 is 10.1 Å². The van der Waals surface area contributed by atoms with Crippen molar-refractivity contribution >= 4 is 17.7 Å². The molecule has 0 aromatic heterocycles. The molecule has 1 aliphatic carbocycles. The summed E-state index contributed by atoms with van der Waals surface area (Å²) in [6.07, 6.45) is 6.76. The van der Waals surface area contributed by atoms with Crippen molar-refractivity contribution in [1.82, 2.24) is 5.32 Å². The Morgan fingerprint density at radius 1 is 1.21 bits per heavy atom. The lowest BCUT2D eigenvalue weighted by Crippen LogP contribution is -2.44. The zero-order valence-corrected chi connectivity index (χ0v) is 16.8. The first-order valence-corrected chi connectivity index (χ1v) is 10.3. The van der Waals surface area contributed by atoms with Gasteiger partial charge in [-0.15, -0.1) is 0 Å². The Morgan fingerprint density at radius 2 is 1.96 bits per heavy atom. The summed E-state index contributed by atoms with van der Waals surface area (Å²) in [5.74, 6) is 0.135. The summed E-state index contributed by atoms with van der Waals surface area (Å²) in [4.78, 5) is 29.0. The Balaban J connectivity index is 1.79. The van der Waals surface area contributed by atoms with Crippen LogP contribution in [0, 0.1) is 11.8 Å². The highest BCUT2D eigenvalue weighted by Crippen LogP contribution is 2.34. The normalized spacial score (nSPS) is 22.9. The van der Waals surface area contributed by atoms with E-state index >= 15 is 0 Å². The molecule has 6 nitrogen and oxygen atoms in total. The zero-order valence-electron chi connectivity index (χ0n) is 16.8. The number of nitrogens with one attached hydrogen (secondary N) is 1. The molecule has 1 aromatic rings. The molecule has 2 atom stereocenters. The van der Waals surface area contributed by atoms with Gasteiger partial charge in [-0.3, -0.25) is 4.79 Å². The van der Waals surface area contributed by atoms with Crippen molar-refractivity contribution in [2.75, 3.05) is 13.2 Å². The average Bonchev–Trinajstić information content (AvgIpc) is 2.71. The highest BCUT2D eigenvalue weighted by Gasteiger charge is 2.39. The van der Waals surface area contributed by atoms with E-state index in [1.165, 1.54) is 19.3 Å². The number of esters is 1. The molecule has 2 aliphatic rings. The molecule has 2 unspecified atom stereocenters. The van der Waals surface area contributed by atoms with Crippen LogP contribution in [-0.4, -0.2) is 30.9 Å². The van der Waals surface area contributed by atoms with Crippen molar-refractivity contribution < 1.29 is 19.1 Å². The second kappa shape index (κ2) is 9.71. The quantitative estimate of drug-likeness (QED) is 0.703. The van der Waals surface area contributed by atoms with Gasteiger partial charge in [0.1, 0.15) is 11.7 Å². The Kier molecular flexibility index (Phi) is 7.06. The van der Waals surface area contributed by atoms with Crippen molar-refractivity contribution in [3.8, 4) is 5.75 Å². The number of urea groups is 1. The lowest BCUT2D eigenvalue weighted by molar-refractivity contribution is -0.148. The third kappa shape index (κ3) is 4.91. The maximum Gasteiger partial charge on any atom is 0.341 e. The van der Waals surface area contributed by atoms with Gasteiger partial charge in [-0.1, -0.05) is 44.4 Å². The molecule has 0 spiro atoms. The van der Waals surface area contributed by atoms with Crippen molar-refractivity contribution in [2.24, 2.45) is 16.8 Å². The summed E-state index contributed by atoms with van der Waals surface area (Å²) in [5, 5.41) is 2.84. The Labute approximate surface area is 166 Å². The zero-order chi connectivity index (χ0) is 19.9. The molecule has 6 heteroatoms. The van der Waals surface area contributed by atoms with E-state index in [-0.39, 0.29) is 5.97 Å². The van der Waals surface area contributed by atoms with Gasteiger partial charge in [0.25, 0.3) is 0 Å². The SMILES string of the molecule is CCCOc1ccccc1C1NC(=O)N=C(C)C1C(=O)OCC1CCCCC1. The van der Waals surface area contributed by atoms with Crippen LogP contribution in [0.15, 0.2) is 29.3 Å². The minimum Gasteiger partial charge on any atom is -0.493 e. The predicted molar refractivity (Wildman–Crippen MR) is 108 cm³/mol. The highest BCUT2D eigenvalue weighted by molar-refractivity contribution is 6.08. The maximum absolute atomic E-state index is 13.0. The molecular formula is C22H30N2O4. The van der Waals surface area contributed by atoms with Gasteiger partial charge in [-0.25, -0.2) is 9.79 Å². The number of ether oxygens (including phenoxy) is 2. The number of carbonyl (C=O) groups is 2. The number of aliphatic imine (C=N–C) groups is 1. The second-order valence-electron chi connectivity index (χ2n) is 7.68. The van der Waals surface area contributed by atoms with Gasteiger partial charge in [-0.2, -0.15) is 0 Å². The first-order valence-electron chi connectivity index (χ1n) is 10.3. The van der Waals surface area contributed by atoms with Crippen molar-refractivity contribution in [3.63, 3.8) is 0 Å². The summed E-state index contributed by atoms with van der Waals surface area (Å²) in [7, 11) is 0. The first kappa shape index (κ1) is 20.4. The molecule has 1 heterocycles. The number of amides is 2. The lowest BCUT2D eigenvalue weighted by atomic mass is 9.87. The van der Waals surface area contributed by atoms with Crippen LogP contribution >= 0.6 is 0 Å². The average molecular weight is 386 g/mol. The van der Waals surface area contributed by atoms with Gasteiger partial charge in [0.2, 0.25) is 0 Å². The fourth-order valence-electron chi connectivity index (χ4n) is 4.01. The molecule has 28 heavy (non-hydrogen) atoms. The standard InChI is InChI=1S/C22H30N2O4/c1-3-13-27-18-12-8-7-11-17(18)20-19(15(2)23-22(26)24-20)21(25)28-14-16-9-5-4-6-10-16/h7-8,11-12,16,19-20H,3-6,9-10,13-14H2,1-2H3,(H,24,26). The fraction of sp³-hybridized carbons (Fsp3) is 0.591. The summed E-state index contributed by atoms with van der Waals surface area (Å²) in [6.45, 7) is 4.76. The molecule has 1 aliphatic heterocycles. The van der Waals surface area contributed by atoms with Crippen LogP contribution in [0.4, 0.5) is 4.79 Å². The van der Waals surface area contributed by atoms with E-state index in [1.807, 2.05) is 31.2 Å². The van der Waals surface area contributed by atoms with Crippen molar-refractivity contribution in [1.29, 1.82) is 0 Å². The van der Waals surface area contributed by atoms with Gasteiger partial charge in [0.15, 0.2) is 0 Å². The lowest BCUT2D eigenvalue weighted by Gasteiger charge is -2.31. The number of hydrogen-bond donors (Lipinski definition) is 1. The Morgan fingerprint density at radius 3 is 2.71 bits per heavy atom. The molecule has 152 valence electrons. The topological polar surface area (TPSA) is 77.0 Å². The van der Waals surface area contributed by atoms with Gasteiger partial charge < -0.3 is 14.8 Å². The van der Waals surface area contributed by atoms with Gasteiger partial charge in [0.05, 0.1) is 19.3 Å². The molecule has 2 amide bonds. The number of carbonyl (C=O) groups excluding carboxylic acids is 2. The minimum atomic E-state index is -0.646. The van der Waals surface area contributed by atoms with E-state index in [1.54, 1.807) is 6.92 Å². The molecule has 1 saturated carbocycles. The van der Waals surface area contributed by atoms with E-state index in [0.29, 0.717) is 30.6 Å². The monoisotopic (exact) mass is 386 g/mol. The highest BCUT2D eigenvalue weighted by atomic mass is 16.5. The smallest absolute Gasteiger partial charge is 0.341 e. The molecule has 0 saturated heterocycles. The summed E-state index contributed by atoms with van der Waals surface area (Å²) in [6, 6.07) is 6.53. The van der Waals surface area contributed by atoms with Crippen LogP contribution in [0.3, 0.4) is 0 Å². The number of benzene rings is 1. The fourth-order valence-corrected chi connectivity index (χ4v) is 4.01. The van der Waals surface area contributed by atoms with Crippen LogP contribution in [0.1, 0.15) is 64.0 Å². The molecule has 3 rings (SSSR count). The third-order valence-electron chi connectivity index (χ3n) is 5.50. The molecular weight excluding hydrogens is 356 g/mol. The van der Waals surface area contributed by atoms with Crippen LogP contribution in [-0.2, 0) is 9.53 Å². The van der Waals surface area contributed by atoms with E-state index in [2.05, 4.69) is 10.3 Å². The molecule has 1 fully saturated rings. The number of hydrogen-bond acceptors (Lipinski definition) is 4. The molecule has 1 N–H and O–H groups in total. The molecule has 0 radical (unpaired) electrons. The minimum absolute atomic E-state index is 0.331. The van der Waals surface area contributed by atoms with E-state index < -0.39 is 18.0 Å². The van der Waals surface area contributed by atoms with Gasteiger partial charge in [0, 0.05) is 11.3 Å². The number of rotatable bonds is 7. The molecule has 0 bridgehead atoms. The van der Waals surface area contributed by atoms with E-state index in [0.717, 1.165) is 24.8 Å². The van der Waals surface area contributed by atoms with Crippen LogP contribution in [0.25, 0.3) is 0 Å². The summed E-state index contributed by atoms with van der Waals surface area (Å²) in [5.41, 5.74) is 1.26. The van der Waals surface area contributed by atoms with Crippen molar-refractivity contribution in [3.05, 3.63) is 29.8 Å². The largest absolute Gasteiger partial charge is 0.493 e. The number of nitrogens with zero attached hydrogens (tertiary/aromatic N) is 1. The number of para-hydroxylation sites is 1. The third-order valence-corrected chi connectivity index (χ3v) is 5.50. The van der Waals surface area contributed by atoms with E-state index in [9.17, 15) is 9.59 Å². The Hall–Kier alpha value is -2.37. The van der Waals surface area contributed by atoms with E-state index in [4.69, 9.17) is 9.47 Å². The van der Waals surface area contributed by atoms with Crippen molar-refractivity contribution in [2.45, 2.75) is 58.4 Å². The van der Waals surface area contributed by atoms with Gasteiger partial charge in [-0.05, 0) is 38.2 Å². The van der Waals surface area contributed by atoms with Crippen LogP contribution in [0.2, 0.25) is 0 Å². The maximum atomic E-state index is 13.0. The second-order valence-corrected chi connectivity index (χ2v) is 7.68. The summed E-state index contributed by atoms with van der Waals surface area (Å²) >= 11 is 0.